The third kappa shape index (κ3) is 7.50. The number of hydrogen-bond donors (Lipinski definition) is 0. The Bertz CT molecular complexity index is 668. The molecule has 0 aliphatic heterocycles. The summed E-state index contributed by atoms with van der Waals surface area (Å²) in [5.41, 5.74) is 2.55. The van der Waals surface area contributed by atoms with Crippen molar-refractivity contribution in [3.63, 3.8) is 0 Å². The van der Waals surface area contributed by atoms with Crippen LogP contribution in [0.1, 0.15) is 37.8 Å². The van der Waals surface area contributed by atoms with Gasteiger partial charge in [0.1, 0.15) is 0 Å². The number of hydrogen-bond acceptors (Lipinski definition) is 3. The van der Waals surface area contributed by atoms with Gasteiger partial charge in [0, 0.05) is 0 Å². The average molecular weight is 584 g/mol. The van der Waals surface area contributed by atoms with Crippen molar-refractivity contribution in [3.8, 4) is 11.5 Å². The number of benzene rings is 2. The molecule has 0 heterocycles. The molecule has 0 aliphatic carbocycles. The number of aryl methyl sites for hydroxylation is 2. The molecule has 0 bridgehead atoms. The molecule has 3 nitrogen and oxygen atoms in total. The van der Waals surface area contributed by atoms with E-state index in [2.05, 4.69) is 70.0 Å². The summed E-state index contributed by atoms with van der Waals surface area (Å²) >= 11 is -6.39. The van der Waals surface area contributed by atoms with E-state index in [9.17, 15) is 0 Å². The SMILES string of the molecule is CCCc1ccccc1[O][Sn]([CH3])([CH3])[O][Sn]([CH3])([CH3])[O]c1ccccc1CCC. The molecule has 2 aromatic carbocycles. The van der Waals surface area contributed by atoms with E-state index >= 15 is 0 Å². The van der Waals surface area contributed by atoms with Crippen LogP contribution < -0.4 is 6.15 Å². The topological polar surface area (TPSA) is 27.7 Å². The van der Waals surface area contributed by atoms with Crippen LogP contribution in [-0.4, -0.2) is 38.4 Å². The molecule has 0 radical (unpaired) electrons. The van der Waals surface area contributed by atoms with E-state index in [1.807, 2.05) is 12.1 Å². The Labute approximate surface area is 175 Å². The van der Waals surface area contributed by atoms with E-state index in [1.54, 1.807) is 0 Å². The van der Waals surface area contributed by atoms with Crippen LogP contribution in [0.5, 0.6) is 11.5 Å². The summed E-state index contributed by atoms with van der Waals surface area (Å²) in [4.78, 5) is 8.77. The summed E-state index contributed by atoms with van der Waals surface area (Å²) in [5, 5.41) is 0. The molecule has 0 atom stereocenters. The maximum atomic E-state index is 6.68. The summed E-state index contributed by atoms with van der Waals surface area (Å²) in [6.07, 6.45) is 4.29. The predicted molar refractivity (Wildman–Crippen MR) is 118 cm³/mol. The molecular formula is C22H34O3Sn2. The Kier molecular flexibility index (Phi) is 8.81. The van der Waals surface area contributed by atoms with Crippen molar-refractivity contribution in [2.24, 2.45) is 0 Å². The van der Waals surface area contributed by atoms with Crippen LogP contribution in [0.25, 0.3) is 0 Å². The van der Waals surface area contributed by atoms with E-state index in [4.69, 9.17) is 7.56 Å². The van der Waals surface area contributed by atoms with E-state index in [0.29, 0.717) is 0 Å². The van der Waals surface area contributed by atoms with Crippen molar-refractivity contribution in [1.82, 2.24) is 0 Å². The van der Waals surface area contributed by atoms with Crippen LogP contribution in [0.3, 0.4) is 0 Å². The van der Waals surface area contributed by atoms with Gasteiger partial charge in [-0.05, 0) is 0 Å². The van der Waals surface area contributed by atoms with Crippen molar-refractivity contribution in [2.75, 3.05) is 0 Å². The second-order valence-corrected chi connectivity index (χ2v) is 29.5. The zero-order chi connectivity index (χ0) is 19.9. The Balaban J connectivity index is 2.11. The average Bonchev–Trinajstić information content (AvgIpc) is 2.57. The Morgan fingerprint density at radius 3 is 1.37 bits per heavy atom. The van der Waals surface area contributed by atoms with Gasteiger partial charge in [0.2, 0.25) is 0 Å². The van der Waals surface area contributed by atoms with Crippen LogP contribution in [0.2, 0.25) is 19.8 Å². The van der Waals surface area contributed by atoms with Gasteiger partial charge in [-0.1, -0.05) is 0 Å². The molecular weight excluding hydrogens is 550 g/mol. The maximum absolute atomic E-state index is 6.68. The molecule has 0 unspecified atom stereocenters. The van der Waals surface area contributed by atoms with Crippen LogP contribution in [0, 0.1) is 0 Å². The monoisotopic (exact) mass is 586 g/mol. The van der Waals surface area contributed by atoms with E-state index in [0.717, 1.165) is 37.2 Å². The molecule has 0 saturated heterocycles. The first-order valence-corrected chi connectivity index (χ1v) is 26.1. The van der Waals surface area contributed by atoms with Crippen molar-refractivity contribution >= 4 is 38.4 Å². The van der Waals surface area contributed by atoms with Gasteiger partial charge < -0.3 is 0 Å². The van der Waals surface area contributed by atoms with Crippen LogP contribution in [0.15, 0.2) is 48.5 Å². The van der Waals surface area contributed by atoms with Crippen molar-refractivity contribution in [1.29, 1.82) is 0 Å². The standard InChI is InChI=1S/2C9H12O.4CH3.O.2Sn/c2*1-2-5-8-6-3-4-7-9(8)10;;;;;;;/h2*3-4,6-7,10H,2,5H2,1H3;4*1H3;;;/q;;;;;;;2*+1/p-2. The first-order chi connectivity index (χ1) is 12.8. The Hall–Kier alpha value is -0.403. The molecule has 2 aromatic rings. The predicted octanol–water partition coefficient (Wildman–Crippen LogP) is 6.47. The van der Waals surface area contributed by atoms with Gasteiger partial charge >= 0.3 is 176 Å². The first kappa shape index (κ1) is 22.9. The van der Waals surface area contributed by atoms with Gasteiger partial charge in [-0.25, -0.2) is 0 Å². The van der Waals surface area contributed by atoms with Gasteiger partial charge in [0.05, 0.1) is 0 Å². The van der Waals surface area contributed by atoms with Crippen molar-refractivity contribution in [2.45, 2.75) is 59.3 Å². The molecule has 0 aliphatic rings. The normalized spacial score (nSPS) is 12.1. The summed E-state index contributed by atoms with van der Waals surface area (Å²) in [7, 11) is 0. The fraction of sp³-hybridized carbons (Fsp3) is 0.455. The second-order valence-electron chi connectivity index (χ2n) is 7.82. The fourth-order valence-corrected chi connectivity index (χ4v) is 35.4. The van der Waals surface area contributed by atoms with E-state index < -0.39 is 38.4 Å². The summed E-state index contributed by atoms with van der Waals surface area (Å²) in [6, 6.07) is 16.7. The summed E-state index contributed by atoms with van der Waals surface area (Å²) < 4.78 is 19.7. The molecule has 0 aromatic heterocycles. The minimum atomic E-state index is -3.20. The van der Waals surface area contributed by atoms with Gasteiger partial charge in [-0.3, -0.25) is 0 Å². The molecule has 148 valence electrons. The quantitative estimate of drug-likeness (QED) is 0.300. The Morgan fingerprint density at radius 2 is 1.00 bits per heavy atom. The van der Waals surface area contributed by atoms with Gasteiger partial charge in [-0.2, -0.15) is 0 Å². The fourth-order valence-electron chi connectivity index (χ4n) is 3.32. The zero-order valence-electron chi connectivity index (χ0n) is 17.7. The zero-order valence-corrected chi connectivity index (χ0v) is 23.4. The summed E-state index contributed by atoms with van der Waals surface area (Å²) in [5.74, 6) is 1.99. The number of rotatable bonds is 10. The van der Waals surface area contributed by atoms with E-state index in [1.165, 1.54) is 11.1 Å². The minimum absolute atomic E-state index is 0.994. The van der Waals surface area contributed by atoms with Gasteiger partial charge in [-0.15, -0.1) is 0 Å². The molecule has 5 heteroatoms. The molecule has 2 rings (SSSR count). The first-order valence-electron chi connectivity index (χ1n) is 10.0. The molecule has 27 heavy (non-hydrogen) atoms. The van der Waals surface area contributed by atoms with Crippen LogP contribution in [0.4, 0.5) is 0 Å². The van der Waals surface area contributed by atoms with E-state index in [-0.39, 0.29) is 0 Å². The number of para-hydroxylation sites is 2. The second kappa shape index (κ2) is 10.4. The van der Waals surface area contributed by atoms with Gasteiger partial charge in [0.15, 0.2) is 0 Å². The molecule has 0 saturated carbocycles. The Morgan fingerprint density at radius 1 is 0.630 bits per heavy atom. The third-order valence-electron chi connectivity index (χ3n) is 4.19. The van der Waals surface area contributed by atoms with Crippen LogP contribution in [-0.2, 0) is 14.3 Å². The van der Waals surface area contributed by atoms with Crippen molar-refractivity contribution < 1.29 is 7.56 Å². The molecule has 0 fully saturated rings. The van der Waals surface area contributed by atoms with Crippen molar-refractivity contribution in [3.05, 3.63) is 59.7 Å². The van der Waals surface area contributed by atoms with Crippen LogP contribution >= 0.6 is 0 Å². The summed E-state index contributed by atoms with van der Waals surface area (Å²) in [6.45, 7) is 4.39. The third-order valence-corrected chi connectivity index (χ3v) is 29.9. The molecule has 0 N–H and O–H groups in total. The molecule has 0 amide bonds. The van der Waals surface area contributed by atoms with Gasteiger partial charge in [0.25, 0.3) is 0 Å². The molecule has 0 spiro atoms.